The number of rotatable bonds is 6. The average molecular weight is 414 g/mol. The zero-order valence-electron chi connectivity index (χ0n) is 16.6. The summed E-state index contributed by atoms with van der Waals surface area (Å²) >= 11 is 0. The summed E-state index contributed by atoms with van der Waals surface area (Å²) < 4.78 is 23.2. The molecular formula is C22H23FN2O5. The summed E-state index contributed by atoms with van der Waals surface area (Å²) in [5.74, 6) is -1.26. The van der Waals surface area contributed by atoms with Crippen LogP contribution in [0.25, 0.3) is 0 Å². The van der Waals surface area contributed by atoms with E-state index in [-0.39, 0.29) is 18.4 Å². The van der Waals surface area contributed by atoms with Crippen LogP contribution in [-0.2, 0) is 14.3 Å². The molecule has 0 aromatic heterocycles. The van der Waals surface area contributed by atoms with Crippen molar-refractivity contribution in [2.24, 2.45) is 5.92 Å². The Morgan fingerprint density at radius 1 is 1.10 bits per heavy atom. The van der Waals surface area contributed by atoms with Gasteiger partial charge < -0.3 is 19.7 Å². The highest BCUT2D eigenvalue weighted by Crippen LogP contribution is 2.21. The highest BCUT2D eigenvalue weighted by atomic mass is 19.1. The van der Waals surface area contributed by atoms with Gasteiger partial charge in [0.15, 0.2) is 6.61 Å². The summed E-state index contributed by atoms with van der Waals surface area (Å²) in [7, 11) is 1.53. The van der Waals surface area contributed by atoms with Gasteiger partial charge in [-0.3, -0.25) is 14.4 Å². The van der Waals surface area contributed by atoms with Crippen LogP contribution in [0.15, 0.2) is 48.5 Å². The lowest BCUT2D eigenvalue weighted by Gasteiger charge is -2.31. The second-order valence-electron chi connectivity index (χ2n) is 6.96. The topological polar surface area (TPSA) is 84.9 Å². The molecular weight excluding hydrogens is 391 g/mol. The zero-order chi connectivity index (χ0) is 21.5. The van der Waals surface area contributed by atoms with Gasteiger partial charge in [0.2, 0.25) is 0 Å². The summed E-state index contributed by atoms with van der Waals surface area (Å²) in [4.78, 5) is 38.4. The van der Waals surface area contributed by atoms with Gasteiger partial charge in [0.1, 0.15) is 11.6 Å². The Hall–Kier alpha value is -3.42. The number of anilines is 1. The number of benzene rings is 2. The Bertz CT molecular complexity index is 908. The number of likely N-dealkylation sites (tertiary alicyclic amines) is 1. The molecule has 1 heterocycles. The fourth-order valence-corrected chi connectivity index (χ4v) is 3.25. The van der Waals surface area contributed by atoms with E-state index in [4.69, 9.17) is 9.47 Å². The predicted octanol–water partition coefficient (Wildman–Crippen LogP) is 2.87. The van der Waals surface area contributed by atoms with Crippen LogP contribution in [-0.4, -0.2) is 49.5 Å². The molecule has 1 N–H and O–H groups in total. The third-order valence-corrected chi connectivity index (χ3v) is 4.91. The molecule has 2 aromatic rings. The number of esters is 1. The number of carbonyl (C=O) groups is 3. The molecule has 0 atom stereocenters. The average Bonchev–Trinajstić information content (AvgIpc) is 2.77. The second kappa shape index (κ2) is 9.87. The minimum atomic E-state index is -0.454. The van der Waals surface area contributed by atoms with E-state index in [0.29, 0.717) is 42.9 Å². The Morgan fingerprint density at radius 2 is 1.80 bits per heavy atom. The lowest BCUT2D eigenvalue weighted by atomic mass is 9.96. The lowest BCUT2D eigenvalue weighted by molar-refractivity contribution is -0.152. The van der Waals surface area contributed by atoms with Gasteiger partial charge in [0.05, 0.1) is 13.0 Å². The summed E-state index contributed by atoms with van der Waals surface area (Å²) in [5, 5.41) is 2.64. The summed E-state index contributed by atoms with van der Waals surface area (Å²) in [6.45, 7) is 0.405. The first-order valence-electron chi connectivity index (χ1n) is 9.61. The lowest BCUT2D eigenvalue weighted by Crippen LogP contribution is -2.41. The first kappa shape index (κ1) is 21.3. The summed E-state index contributed by atoms with van der Waals surface area (Å²) in [6, 6.07) is 12.2. The second-order valence-corrected chi connectivity index (χ2v) is 6.96. The van der Waals surface area contributed by atoms with Crippen LogP contribution in [0.4, 0.5) is 10.1 Å². The van der Waals surface area contributed by atoms with Crippen LogP contribution >= 0.6 is 0 Å². The van der Waals surface area contributed by atoms with Gasteiger partial charge in [-0.05, 0) is 49.2 Å². The van der Waals surface area contributed by atoms with Crippen LogP contribution in [0.1, 0.15) is 23.2 Å². The van der Waals surface area contributed by atoms with Gasteiger partial charge in [-0.2, -0.15) is 0 Å². The van der Waals surface area contributed by atoms with Gasteiger partial charge in [-0.1, -0.05) is 6.07 Å². The van der Waals surface area contributed by atoms with E-state index < -0.39 is 17.7 Å². The molecule has 0 aliphatic carbocycles. The van der Waals surface area contributed by atoms with E-state index in [1.807, 2.05) is 0 Å². The van der Waals surface area contributed by atoms with Crippen molar-refractivity contribution in [3.63, 3.8) is 0 Å². The first-order chi connectivity index (χ1) is 14.5. The summed E-state index contributed by atoms with van der Waals surface area (Å²) in [5.41, 5.74) is 0.953. The molecule has 3 rings (SSSR count). The van der Waals surface area contributed by atoms with E-state index in [1.165, 1.54) is 31.4 Å². The smallest absolute Gasteiger partial charge is 0.309 e. The van der Waals surface area contributed by atoms with E-state index in [9.17, 15) is 18.8 Å². The number of carbonyl (C=O) groups excluding carboxylic acids is 3. The molecule has 1 aliphatic heterocycles. The number of halogens is 1. The third kappa shape index (κ3) is 5.56. The molecule has 1 fully saturated rings. The van der Waals surface area contributed by atoms with Gasteiger partial charge in [0.25, 0.3) is 11.8 Å². The molecule has 1 aliphatic rings. The van der Waals surface area contributed by atoms with Gasteiger partial charge in [0, 0.05) is 30.4 Å². The van der Waals surface area contributed by atoms with E-state index in [0.717, 1.165) is 0 Å². The zero-order valence-corrected chi connectivity index (χ0v) is 16.6. The van der Waals surface area contributed by atoms with Crippen molar-refractivity contribution in [1.29, 1.82) is 0 Å². The van der Waals surface area contributed by atoms with Crippen LogP contribution in [0.3, 0.4) is 0 Å². The predicted molar refractivity (Wildman–Crippen MR) is 108 cm³/mol. The van der Waals surface area contributed by atoms with Crippen LogP contribution in [0.5, 0.6) is 5.75 Å². The number of nitrogens with one attached hydrogen (secondary N) is 1. The van der Waals surface area contributed by atoms with Crippen molar-refractivity contribution >= 4 is 23.5 Å². The molecule has 2 amide bonds. The third-order valence-electron chi connectivity index (χ3n) is 4.91. The molecule has 0 radical (unpaired) electrons. The Balaban J connectivity index is 1.43. The number of methoxy groups -OCH3 is 1. The van der Waals surface area contributed by atoms with Crippen molar-refractivity contribution in [3.8, 4) is 5.75 Å². The largest absolute Gasteiger partial charge is 0.497 e. The van der Waals surface area contributed by atoms with Crippen molar-refractivity contribution in [1.82, 2.24) is 4.90 Å². The number of amides is 2. The fraction of sp³-hybridized carbons (Fsp3) is 0.318. The molecule has 0 bridgehead atoms. The monoisotopic (exact) mass is 414 g/mol. The molecule has 0 saturated carbocycles. The number of ether oxygens (including phenoxy) is 2. The summed E-state index contributed by atoms with van der Waals surface area (Å²) in [6.07, 6.45) is 0.895. The number of nitrogens with zero attached hydrogens (tertiary/aromatic N) is 1. The van der Waals surface area contributed by atoms with E-state index >= 15 is 0 Å². The maximum Gasteiger partial charge on any atom is 0.309 e. The van der Waals surface area contributed by atoms with Crippen LogP contribution in [0, 0.1) is 11.7 Å². The first-order valence-corrected chi connectivity index (χ1v) is 9.61. The molecule has 1 saturated heterocycles. The normalized spacial score (nSPS) is 14.1. The van der Waals surface area contributed by atoms with E-state index in [2.05, 4.69) is 5.32 Å². The fourth-order valence-electron chi connectivity index (χ4n) is 3.25. The van der Waals surface area contributed by atoms with Crippen molar-refractivity contribution in [2.75, 3.05) is 32.1 Å². The Labute approximate surface area is 173 Å². The molecule has 30 heavy (non-hydrogen) atoms. The molecule has 0 unspecified atom stereocenters. The number of piperidine rings is 1. The van der Waals surface area contributed by atoms with Crippen LogP contribution in [0.2, 0.25) is 0 Å². The van der Waals surface area contributed by atoms with Crippen molar-refractivity contribution < 1.29 is 28.2 Å². The molecule has 0 spiro atoms. The van der Waals surface area contributed by atoms with E-state index in [1.54, 1.807) is 29.2 Å². The minimum absolute atomic E-state index is 0.195. The SMILES string of the molecule is COc1cccc(NC(=O)COC(=O)C2CCN(C(=O)c3ccc(F)cc3)CC2)c1. The molecule has 8 heteroatoms. The Kier molecular flexibility index (Phi) is 7.00. The van der Waals surface area contributed by atoms with Crippen molar-refractivity contribution in [2.45, 2.75) is 12.8 Å². The number of hydrogen-bond donors (Lipinski definition) is 1. The maximum absolute atomic E-state index is 13.0. The Morgan fingerprint density at radius 3 is 2.47 bits per heavy atom. The van der Waals surface area contributed by atoms with Crippen molar-refractivity contribution in [3.05, 3.63) is 59.9 Å². The minimum Gasteiger partial charge on any atom is -0.497 e. The van der Waals surface area contributed by atoms with Gasteiger partial charge in [-0.25, -0.2) is 4.39 Å². The molecule has 158 valence electrons. The van der Waals surface area contributed by atoms with Crippen LogP contribution < -0.4 is 10.1 Å². The highest BCUT2D eigenvalue weighted by molar-refractivity contribution is 5.94. The molecule has 7 nitrogen and oxygen atoms in total. The van der Waals surface area contributed by atoms with Gasteiger partial charge >= 0.3 is 5.97 Å². The maximum atomic E-state index is 13.0. The molecule has 2 aromatic carbocycles. The highest BCUT2D eigenvalue weighted by Gasteiger charge is 2.29. The standard InChI is InChI=1S/C22H23FN2O5/c1-29-19-4-2-3-18(13-19)24-20(26)14-30-22(28)16-9-11-25(12-10-16)21(27)15-5-7-17(23)8-6-15/h2-8,13,16H,9-12,14H2,1H3,(H,24,26). The van der Waals surface area contributed by atoms with Gasteiger partial charge in [-0.15, -0.1) is 0 Å². The quantitative estimate of drug-likeness (QED) is 0.735. The number of hydrogen-bond acceptors (Lipinski definition) is 5.